The van der Waals surface area contributed by atoms with Gasteiger partial charge in [0.1, 0.15) is 0 Å². The number of aliphatic imine (C=N–C) groups is 1. The average Bonchev–Trinajstić information content (AvgIpc) is 3.68. The molecule has 0 radical (unpaired) electrons. The van der Waals surface area contributed by atoms with Crippen LogP contribution in [0.1, 0.15) is 139 Å². The van der Waals surface area contributed by atoms with E-state index in [-0.39, 0.29) is 43.2 Å². The van der Waals surface area contributed by atoms with Crippen LogP contribution in [0.25, 0.3) is 38.8 Å². The molecule has 9 rings (SSSR count). The van der Waals surface area contributed by atoms with Crippen molar-refractivity contribution in [3.8, 4) is 16.9 Å². The Kier molecular flexibility index (Phi) is 12.5. The maximum absolute atomic E-state index is 5.94. The molecule has 4 nitrogen and oxygen atoms in total. The fourth-order valence-corrected chi connectivity index (χ4v) is 10.4. The number of hydrogen-bond acceptors (Lipinski definition) is 3. The molecule has 0 aliphatic carbocycles. The van der Waals surface area contributed by atoms with Crippen molar-refractivity contribution in [3.63, 3.8) is 0 Å². The van der Waals surface area contributed by atoms with Crippen molar-refractivity contribution < 1.29 is 21.1 Å². The van der Waals surface area contributed by atoms with E-state index in [1.165, 1.54) is 44.2 Å². The summed E-state index contributed by atoms with van der Waals surface area (Å²) in [5, 5.41) is 2.36. The Balaban J connectivity index is 0.00000625. The fourth-order valence-electron chi connectivity index (χ4n) is 10.4. The zero-order valence-corrected chi connectivity index (χ0v) is 45.2. The first-order chi connectivity index (χ1) is 31.5. The van der Waals surface area contributed by atoms with Crippen LogP contribution >= 0.6 is 0 Å². The summed E-state index contributed by atoms with van der Waals surface area (Å²) in [6, 6.07) is 55.5. The Bertz CT molecular complexity index is 3140. The monoisotopic (exact) mass is 1080 g/mol. The minimum absolute atomic E-state index is 0. The summed E-state index contributed by atoms with van der Waals surface area (Å²) < 4.78 is 2.37. The number of pyridine rings is 1. The number of aryl methyl sites for hydroxylation is 3. The Labute approximate surface area is 421 Å². The number of amidine groups is 1. The molecule has 0 fully saturated rings. The molecule has 1 atom stereocenters. The third-order valence-corrected chi connectivity index (χ3v) is 14.6. The molecule has 0 amide bonds. The Morgan fingerprint density at radius 2 is 1.16 bits per heavy atom. The third kappa shape index (κ3) is 8.61. The second-order valence-corrected chi connectivity index (χ2v) is 23.1. The number of aromatic nitrogens is 2. The molecular formula is C63H68N4Pt. The summed E-state index contributed by atoms with van der Waals surface area (Å²) in [6.45, 7) is 34.4. The van der Waals surface area contributed by atoms with E-state index in [2.05, 4.69) is 253 Å². The molecule has 2 aromatic heterocycles. The van der Waals surface area contributed by atoms with Crippen molar-refractivity contribution in [2.45, 2.75) is 137 Å². The van der Waals surface area contributed by atoms with Gasteiger partial charge in [-0.2, -0.15) is 0 Å². The number of hydrogen-bond donors (Lipinski definition) is 0. The van der Waals surface area contributed by atoms with Crippen molar-refractivity contribution in [3.05, 3.63) is 196 Å². The molecule has 3 heterocycles. The zero-order valence-electron chi connectivity index (χ0n) is 42.9. The van der Waals surface area contributed by atoms with Crippen LogP contribution in [0.2, 0.25) is 0 Å². The van der Waals surface area contributed by atoms with Gasteiger partial charge in [-0.25, -0.2) is 0 Å². The van der Waals surface area contributed by atoms with Crippen molar-refractivity contribution >= 4 is 33.3 Å². The summed E-state index contributed by atoms with van der Waals surface area (Å²) in [5.74, 6) is 0.870. The molecule has 8 aromatic rings. The molecule has 0 spiro atoms. The third-order valence-electron chi connectivity index (χ3n) is 14.6. The predicted octanol–water partition coefficient (Wildman–Crippen LogP) is 15.9. The van der Waals surface area contributed by atoms with E-state index in [9.17, 15) is 0 Å². The van der Waals surface area contributed by atoms with Crippen molar-refractivity contribution in [2.24, 2.45) is 4.99 Å². The van der Waals surface area contributed by atoms with Gasteiger partial charge in [-0.05, 0) is 118 Å². The SMILES string of the molecule is Cc1cc(C2=NC(C)(C)[C@](C)(C(c3ccccc3)c3ccccc3)N2c2cc(C(C)(C)C)cc(C(C)(C)C)c2)[c-]c(-n2c3[c-]c(-c4cc(C(C)(C)C)ccn4)c(C)cc3c3cc(C)ccc32)c1.[Pt+2]. The minimum atomic E-state index is -0.590. The van der Waals surface area contributed by atoms with Crippen molar-refractivity contribution in [2.75, 3.05) is 4.90 Å². The van der Waals surface area contributed by atoms with Gasteiger partial charge in [-0.3, -0.25) is 0 Å². The van der Waals surface area contributed by atoms with Gasteiger partial charge in [0.2, 0.25) is 0 Å². The van der Waals surface area contributed by atoms with Gasteiger partial charge in [0.25, 0.3) is 0 Å². The Hall–Kier alpha value is -5.57. The molecule has 0 saturated heterocycles. The molecular weight excluding hydrogens is 1010 g/mol. The normalized spacial score (nSPS) is 16.4. The van der Waals surface area contributed by atoms with Crippen molar-refractivity contribution in [1.82, 2.24) is 9.55 Å². The van der Waals surface area contributed by atoms with Gasteiger partial charge in [0, 0.05) is 23.3 Å². The first-order valence-corrected chi connectivity index (χ1v) is 24.1. The molecule has 68 heavy (non-hydrogen) atoms. The van der Waals surface area contributed by atoms with Gasteiger partial charge < -0.3 is 19.4 Å². The molecule has 0 saturated carbocycles. The fraction of sp³-hybridized carbons (Fsp3) is 0.333. The maximum Gasteiger partial charge on any atom is 2.00 e. The molecule has 6 aromatic carbocycles. The molecule has 0 bridgehead atoms. The summed E-state index contributed by atoms with van der Waals surface area (Å²) in [7, 11) is 0. The van der Waals surface area contributed by atoms with E-state index >= 15 is 0 Å². The van der Waals surface area contributed by atoms with Crippen LogP contribution in [0, 0.1) is 32.9 Å². The second-order valence-electron chi connectivity index (χ2n) is 23.1. The van der Waals surface area contributed by atoms with E-state index in [1.807, 2.05) is 6.20 Å². The van der Waals surface area contributed by atoms with Crippen LogP contribution < -0.4 is 4.90 Å². The van der Waals surface area contributed by atoms with Crippen LogP contribution in [0.3, 0.4) is 0 Å². The summed E-state index contributed by atoms with van der Waals surface area (Å²) >= 11 is 0. The molecule has 5 heteroatoms. The Morgan fingerprint density at radius 1 is 0.574 bits per heavy atom. The number of rotatable bonds is 7. The van der Waals surface area contributed by atoms with E-state index in [1.54, 1.807) is 0 Å². The quantitative estimate of drug-likeness (QED) is 0.149. The van der Waals surface area contributed by atoms with Gasteiger partial charge in [0.15, 0.2) is 0 Å². The van der Waals surface area contributed by atoms with Gasteiger partial charge in [0.05, 0.1) is 16.9 Å². The predicted molar refractivity (Wildman–Crippen MR) is 285 cm³/mol. The average molecular weight is 1080 g/mol. The maximum atomic E-state index is 5.94. The van der Waals surface area contributed by atoms with E-state index in [4.69, 9.17) is 9.98 Å². The van der Waals surface area contributed by atoms with Gasteiger partial charge in [-0.1, -0.05) is 172 Å². The molecule has 1 aliphatic heterocycles. The molecule has 0 unspecified atom stereocenters. The van der Waals surface area contributed by atoms with Crippen LogP contribution in [0.5, 0.6) is 0 Å². The van der Waals surface area contributed by atoms with E-state index in [0.717, 1.165) is 56.2 Å². The van der Waals surface area contributed by atoms with Crippen LogP contribution in [0.15, 0.2) is 139 Å². The molecule has 1 aliphatic rings. The van der Waals surface area contributed by atoms with E-state index in [0.29, 0.717) is 0 Å². The second kappa shape index (κ2) is 17.4. The van der Waals surface area contributed by atoms with Crippen LogP contribution in [-0.4, -0.2) is 26.5 Å². The smallest absolute Gasteiger partial charge is 0.357 e. The number of anilines is 1. The first-order valence-electron chi connectivity index (χ1n) is 24.1. The number of benzene rings is 6. The van der Waals surface area contributed by atoms with E-state index < -0.39 is 11.1 Å². The summed E-state index contributed by atoms with van der Waals surface area (Å²) in [5.41, 5.74) is 15.6. The van der Waals surface area contributed by atoms with Gasteiger partial charge >= 0.3 is 21.1 Å². The largest absolute Gasteiger partial charge is 2.00 e. The standard InChI is InChI=1S/C63H68N4.Pt/c1-40-26-27-55-52(32-40)53-33-42(3)51(54-38-46(28-29-64-54)59(4,5)6)39-56(53)66(55)49-31-41(2)30-45(34-49)58-65-62(13,14)63(15,57(43-22-18-16-19-23-43)44-24-20-17-21-25-44)67(58)50-36-47(60(7,8)9)35-48(37-50)61(10,11)12;/h16-33,35-38,57H,1-15H3;/q-2;+2/t63-;/m0./s1. The summed E-state index contributed by atoms with van der Waals surface area (Å²) in [4.78, 5) is 13.5. The van der Waals surface area contributed by atoms with Crippen molar-refractivity contribution in [1.29, 1.82) is 0 Å². The topological polar surface area (TPSA) is 33.4 Å². The summed E-state index contributed by atoms with van der Waals surface area (Å²) in [6.07, 6.45) is 1.94. The van der Waals surface area contributed by atoms with Crippen LogP contribution in [0.4, 0.5) is 5.69 Å². The van der Waals surface area contributed by atoms with Crippen LogP contribution in [-0.2, 0) is 37.3 Å². The number of nitrogens with zero attached hydrogens (tertiary/aromatic N) is 4. The Morgan fingerprint density at radius 3 is 1.74 bits per heavy atom. The minimum Gasteiger partial charge on any atom is -0.357 e. The number of fused-ring (bicyclic) bond motifs is 3. The zero-order chi connectivity index (χ0) is 48.0. The molecule has 0 N–H and O–H groups in total. The molecule has 350 valence electrons. The van der Waals surface area contributed by atoms with Gasteiger partial charge in [-0.15, -0.1) is 52.6 Å². The first kappa shape index (κ1) is 48.9.